The van der Waals surface area contributed by atoms with Crippen LogP contribution in [0.1, 0.15) is 76.8 Å². The molecule has 0 N–H and O–H groups in total. The summed E-state index contributed by atoms with van der Waals surface area (Å²) in [6.45, 7) is 3.05. The standard InChI is InChI=1S/C22H31N3OS/c1-2-24-15-9-14-19(24)16-20-21(26)25(18-12-7-4-8-13-18)22(27-20)23-17-10-5-3-6-11-17/h9,14-18H,2-8,10-13H2,1H3. The maximum atomic E-state index is 13.3. The zero-order valence-corrected chi connectivity index (χ0v) is 17.2. The van der Waals surface area contributed by atoms with Crippen molar-refractivity contribution >= 4 is 28.9 Å². The molecule has 5 heteroatoms. The van der Waals surface area contributed by atoms with Gasteiger partial charge >= 0.3 is 0 Å². The number of aryl methyl sites for hydroxylation is 1. The molecule has 4 rings (SSSR count). The summed E-state index contributed by atoms with van der Waals surface area (Å²) in [5.41, 5.74) is 1.11. The van der Waals surface area contributed by atoms with E-state index in [1.807, 2.05) is 0 Å². The molecule has 146 valence electrons. The van der Waals surface area contributed by atoms with Crippen LogP contribution in [-0.2, 0) is 11.3 Å². The number of rotatable bonds is 4. The van der Waals surface area contributed by atoms with Crippen molar-refractivity contribution in [3.8, 4) is 0 Å². The van der Waals surface area contributed by atoms with Gasteiger partial charge in [-0.15, -0.1) is 0 Å². The SMILES string of the molecule is CCn1cccc1C=C1SC(=NC2CCCCC2)N(C2CCCCC2)C1=O. The van der Waals surface area contributed by atoms with E-state index in [2.05, 4.69) is 40.8 Å². The van der Waals surface area contributed by atoms with E-state index in [0.717, 1.165) is 35.2 Å². The minimum Gasteiger partial charge on any atom is -0.348 e. The average molecular weight is 386 g/mol. The fourth-order valence-corrected chi connectivity index (χ4v) is 5.68. The predicted molar refractivity (Wildman–Crippen MR) is 114 cm³/mol. The van der Waals surface area contributed by atoms with E-state index in [1.54, 1.807) is 11.8 Å². The van der Waals surface area contributed by atoms with Crippen LogP contribution in [0.25, 0.3) is 6.08 Å². The Hall–Kier alpha value is -1.49. The zero-order valence-electron chi connectivity index (χ0n) is 16.4. The van der Waals surface area contributed by atoms with E-state index in [4.69, 9.17) is 4.99 Å². The molecule has 2 heterocycles. The highest BCUT2D eigenvalue weighted by atomic mass is 32.2. The van der Waals surface area contributed by atoms with Gasteiger partial charge in [0.2, 0.25) is 0 Å². The summed E-state index contributed by atoms with van der Waals surface area (Å²) in [4.78, 5) is 21.3. The molecule has 1 saturated heterocycles. The van der Waals surface area contributed by atoms with Crippen LogP contribution in [0, 0.1) is 0 Å². The first kappa shape index (κ1) is 18.9. The summed E-state index contributed by atoms with van der Waals surface area (Å²) in [5.74, 6) is 0.172. The number of nitrogens with zero attached hydrogens (tertiary/aromatic N) is 3. The van der Waals surface area contributed by atoms with Gasteiger partial charge in [-0.3, -0.25) is 14.7 Å². The number of hydrogen-bond donors (Lipinski definition) is 0. The van der Waals surface area contributed by atoms with Crippen LogP contribution >= 0.6 is 11.8 Å². The second-order valence-corrected chi connectivity index (χ2v) is 9.01. The minimum absolute atomic E-state index is 0.172. The number of hydrogen-bond acceptors (Lipinski definition) is 3. The van der Waals surface area contributed by atoms with Crippen LogP contribution in [0.3, 0.4) is 0 Å². The highest BCUT2D eigenvalue weighted by Crippen LogP contribution is 2.38. The van der Waals surface area contributed by atoms with Gasteiger partial charge in [-0.2, -0.15) is 0 Å². The number of amides is 1. The molecular weight excluding hydrogens is 354 g/mol. The smallest absolute Gasteiger partial charge is 0.267 e. The maximum Gasteiger partial charge on any atom is 0.267 e. The third-order valence-electron chi connectivity index (χ3n) is 6.13. The Morgan fingerprint density at radius 2 is 1.81 bits per heavy atom. The van der Waals surface area contributed by atoms with Gasteiger partial charge in [0.1, 0.15) is 0 Å². The fourth-order valence-electron chi connectivity index (χ4n) is 4.58. The van der Waals surface area contributed by atoms with Crippen LogP contribution in [-0.4, -0.2) is 32.6 Å². The van der Waals surface area contributed by atoms with Gasteiger partial charge in [-0.1, -0.05) is 38.5 Å². The molecule has 4 nitrogen and oxygen atoms in total. The Kier molecular flexibility index (Phi) is 6.06. The van der Waals surface area contributed by atoms with Crippen molar-refractivity contribution in [2.24, 2.45) is 4.99 Å². The van der Waals surface area contributed by atoms with Gasteiger partial charge in [0.25, 0.3) is 5.91 Å². The number of amidine groups is 1. The van der Waals surface area contributed by atoms with Gasteiger partial charge < -0.3 is 4.57 Å². The molecule has 0 atom stereocenters. The third-order valence-corrected chi connectivity index (χ3v) is 7.13. The van der Waals surface area contributed by atoms with E-state index in [-0.39, 0.29) is 5.91 Å². The maximum absolute atomic E-state index is 13.3. The zero-order chi connectivity index (χ0) is 18.6. The van der Waals surface area contributed by atoms with Crippen molar-refractivity contribution in [3.05, 3.63) is 28.9 Å². The Bertz CT molecular complexity index is 724. The predicted octanol–water partition coefficient (Wildman–Crippen LogP) is 5.45. The molecule has 3 fully saturated rings. The number of carbonyl (C=O) groups is 1. The molecule has 1 aliphatic heterocycles. The third kappa shape index (κ3) is 4.18. The molecule has 0 aromatic carbocycles. The highest BCUT2D eigenvalue weighted by Gasteiger charge is 2.39. The number of aromatic nitrogens is 1. The lowest BCUT2D eigenvalue weighted by Gasteiger charge is -2.31. The van der Waals surface area contributed by atoms with Crippen LogP contribution < -0.4 is 0 Å². The highest BCUT2D eigenvalue weighted by molar-refractivity contribution is 8.18. The van der Waals surface area contributed by atoms with E-state index < -0.39 is 0 Å². The molecule has 0 radical (unpaired) electrons. The van der Waals surface area contributed by atoms with Crippen LogP contribution in [0.2, 0.25) is 0 Å². The van der Waals surface area contributed by atoms with Crippen LogP contribution in [0.5, 0.6) is 0 Å². The van der Waals surface area contributed by atoms with Crippen molar-refractivity contribution < 1.29 is 4.79 Å². The van der Waals surface area contributed by atoms with E-state index in [0.29, 0.717) is 12.1 Å². The molecule has 3 aliphatic rings. The molecule has 0 bridgehead atoms. The lowest BCUT2D eigenvalue weighted by molar-refractivity contribution is -0.124. The van der Waals surface area contributed by atoms with Gasteiger partial charge in [-0.05, 0) is 62.6 Å². The monoisotopic (exact) mass is 385 g/mol. The van der Waals surface area contributed by atoms with Gasteiger partial charge in [-0.25, -0.2) is 0 Å². The summed E-state index contributed by atoms with van der Waals surface area (Å²) in [7, 11) is 0. The summed E-state index contributed by atoms with van der Waals surface area (Å²) >= 11 is 1.61. The molecule has 0 spiro atoms. The topological polar surface area (TPSA) is 37.6 Å². The van der Waals surface area contributed by atoms with Crippen molar-refractivity contribution in [2.45, 2.75) is 89.8 Å². The van der Waals surface area contributed by atoms with E-state index >= 15 is 0 Å². The molecular formula is C22H31N3OS. The summed E-state index contributed by atoms with van der Waals surface area (Å²) in [6.07, 6.45) is 16.4. The quantitative estimate of drug-likeness (QED) is 0.647. The summed E-state index contributed by atoms with van der Waals surface area (Å²) in [5, 5.41) is 0.972. The summed E-state index contributed by atoms with van der Waals surface area (Å²) in [6, 6.07) is 4.88. The largest absolute Gasteiger partial charge is 0.348 e. The van der Waals surface area contributed by atoms with Gasteiger partial charge in [0, 0.05) is 24.5 Å². The number of thioether (sulfide) groups is 1. The average Bonchev–Trinajstić information content (AvgIpc) is 3.28. The lowest BCUT2D eigenvalue weighted by Crippen LogP contribution is -2.41. The molecule has 1 amide bonds. The molecule has 0 unspecified atom stereocenters. The molecule has 1 aromatic heterocycles. The first-order chi connectivity index (χ1) is 13.3. The second kappa shape index (κ2) is 8.68. The van der Waals surface area contributed by atoms with Gasteiger partial charge in [0.15, 0.2) is 5.17 Å². The molecule has 2 aliphatic carbocycles. The fraction of sp³-hybridized carbons (Fsp3) is 0.636. The van der Waals surface area contributed by atoms with Crippen molar-refractivity contribution in [3.63, 3.8) is 0 Å². The van der Waals surface area contributed by atoms with Crippen LogP contribution in [0.15, 0.2) is 28.2 Å². The Morgan fingerprint density at radius 3 is 2.52 bits per heavy atom. The number of carbonyl (C=O) groups excluding carboxylic acids is 1. The minimum atomic E-state index is 0.172. The Balaban J connectivity index is 1.63. The Morgan fingerprint density at radius 1 is 1.11 bits per heavy atom. The lowest BCUT2D eigenvalue weighted by atomic mass is 9.94. The normalized spacial score (nSPS) is 25.8. The Labute approximate surface area is 167 Å². The van der Waals surface area contributed by atoms with Crippen LogP contribution in [0.4, 0.5) is 0 Å². The van der Waals surface area contributed by atoms with E-state index in [9.17, 15) is 4.79 Å². The molecule has 1 aromatic rings. The van der Waals surface area contributed by atoms with Gasteiger partial charge in [0.05, 0.1) is 10.9 Å². The first-order valence-corrected chi connectivity index (χ1v) is 11.5. The first-order valence-electron chi connectivity index (χ1n) is 10.7. The number of aliphatic imine (C=N–C) groups is 1. The van der Waals surface area contributed by atoms with Crippen molar-refractivity contribution in [1.82, 2.24) is 9.47 Å². The van der Waals surface area contributed by atoms with Crippen molar-refractivity contribution in [2.75, 3.05) is 0 Å². The van der Waals surface area contributed by atoms with E-state index in [1.165, 1.54) is 51.4 Å². The molecule has 27 heavy (non-hydrogen) atoms. The van der Waals surface area contributed by atoms with Crippen molar-refractivity contribution in [1.29, 1.82) is 0 Å². The second-order valence-electron chi connectivity index (χ2n) is 8.00. The molecule has 2 saturated carbocycles. The summed E-state index contributed by atoms with van der Waals surface area (Å²) < 4.78 is 2.18.